The summed E-state index contributed by atoms with van der Waals surface area (Å²) in [5.41, 5.74) is 0. The van der Waals surface area contributed by atoms with Gasteiger partial charge in [0.05, 0.1) is 38.6 Å². The van der Waals surface area contributed by atoms with Crippen LogP contribution in [0.3, 0.4) is 0 Å². The lowest BCUT2D eigenvalue weighted by Gasteiger charge is -2.48. The second-order valence-electron chi connectivity index (χ2n) is 34.5. The van der Waals surface area contributed by atoms with Gasteiger partial charge in [-0.3, -0.25) is 4.79 Å². The van der Waals surface area contributed by atoms with Gasteiger partial charge in [-0.2, -0.15) is 0 Å². The number of ether oxygens (including phenoxy) is 6. The van der Waals surface area contributed by atoms with E-state index in [9.17, 15) is 61.0 Å². The fourth-order valence-corrected chi connectivity index (χ4v) is 16.4. The predicted molar refractivity (Wildman–Crippen MR) is 466 cm³/mol. The van der Waals surface area contributed by atoms with Crippen LogP contribution in [0.15, 0.2) is 48.6 Å². The number of aliphatic hydroxyl groups is 11. The van der Waals surface area contributed by atoms with Crippen molar-refractivity contribution in [3.8, 4) is 0 Å². The van der Waals surface area contributed by atoms with Crippen molar-refractivity contribution in [3.63, 3.8) is 0 Å². The highest BCUT2D eigenvalue weighted by Gasteiger charge is 2.54. The SMILES string of the molecule is CCCCCCC/C=C\C/C=C\CCCCCCCCCCCCCCCCCCCCCCCCCCCC(=O)NC(COC1OC(CO)C(OC2OC(CO)C(OC3OC(CO)C(O)C(O)C3O)C(O)C2O)C(O)C1O)C(O)/C=C/CC/C=C/CCCCCCCCCCCCCCCCCCCCCCCCCCCCC. The van der Waals surface area contributed by atoms with Crippen LogP contribution in [0.4, 0.5) is 0 Å². The Labute approximate surface area is 701 Å². The first-order valence-electron chi connectivity index (χ1n) is 48.4. The van der Waals surface area contributed by atoms with Crippen LogP contribution >= 0.6 is 0 Å². The van der Waals surface area contributed by atoms with E-state index in [0.29, 0.717) is 12.8 Å². The third-order valence-electron chi connectivity index (χ3n) is 24.1. The van der Waals surface area contributed by atoms with E-state index in [2.05, 4.69) is 55.6 Å². The Morgan fingerprint density at radius 2 is 0.583 bits per heavy atom. The first-order chi connectivity index (χ1) is 56.3. The molecular weight excluding hydrogens is 1460 g/mol. The summed E-state index contributed by atoms with van der Waals surface area (Å²) in [4.78, 5) is 13.5. The number of rotatable bonds is 80. The van der Waals surface area contributed by atoms with Gasteiger partial charge in [-0.25, -0.2) is 0 Å². The normalized spacial score (nSPS) is 24.8. The maximum Gasteiger partial charge on any atom is 0.220 e. The molecule has 3 saturated heterocycles. The zero-order chi connectivity index (χ0) is 83.1. The molecule has 19 nitrogen and oxygen atoms in total. The van der Waals surface area contributed by atoms with E-state index in [0.717, 1.165) is 44.9 Å². The summed E-state index contributed by atoms with van der Waals surface area (Å²) >= 11 is 0. The van der Waals surface area contributed by atoms with Crippen molar-refractivity contribution < 1.29 is 89.4 Å². The molecule has 12 N–H and O–H groups in total. The van der Waals surface area contributed by atoms with Gasteiger partial charge in [-0.15, -0.1) is 0 Å². The van der Waals surface area contributed by atoms with E-state index in [1.807, 2.05) is 6.08 Å². The van der Waals surface area contributed by atoms with Crippen LogP contribution in [0, 0.1) is 0 Å². The van der Waals surface area contributed by atoms with Crippen LogP contribution in [0.1, 0.15) is 425 Å². The standard InChI is InChI=1S/C96H179NO18/c1-3-5-7-9-11-13-15-17-19-21-23-25-27-29-31-33-35-37-38-39-40-42-44-46-48-50-52-54-56-58-60-62-64-66-68-70-72-74-84(102)97-79(80(101)73-71-69-67-65-63-61-59-57-55-53-51-49-47-45-43-41-36-34-32-30-28-26-24-22-20-18-16-14-12-10-8-6-4-2)78-110-94-90(108)87(105)92(82(76-99)112-94)115-96-91(109)88(106)93(83(77-100)113-96)114-95-89(107)86(104)85(103)81(75-98)111-95/h15,17,21,23,63,65,71,73,79-83,85-96,98-101,103-109H,3-14,16,18-20,22,24-62,64,66-70,72,74-78H2,1-2H3,(H,97,102)/b17-15-,23-21-,65-63+,73-71+. The molecule has 0 bridgehead atoms. The van der Waals surface area contributed by atoms with Crippen molar-refractivity contribution >= 4 is 5.91 Å². The second kappa shape index (κ2) is 75.5. The van der Waals surface area contributed by atoms with E-state index in [4.69, 9.17) is 28.4 Å². The number of carbonyl (C=O) groups is 1. The average molecular weight is 1640 g/mol. The maximum atomic E-state index is 13.5. The zero-order valence-corrected chi connectivity index (χ0v) is 73.3. The van der Waals surface area contributed by atoms with Gasteiger partial charge >= 0.3 is 0 Å². The van der Waals surface area contributed by atoms with Crippen molar-refractivity contribution in [3.05, 3.63) is 48.6 Å². The lowest BCUT2D eigenvalue weighted by molar-refractivity contribution is -0.379. The zero-order valence-electron chi connectivity index (χ0n) is 73.3. The summed E-state index contributed by atoms with van der Waals surface area (Å²) in [7, 11) is 0. The molecule has 115 heavy (non-hydrogen) atoms. The number of nitrogens with one attached hydrogen (secondary N) is 1. The number of allylic oxidation sites excluding steroid dienone is 7. The molecule has 19 heteroatoms. The molecule has 0 aromatic heterocycles. The van der Waals surface area contributed by atoms with Gasteiger partial charge in [0.25, 0.3) is 0 Å². The molecule has 3 aliphatic rings. The maximum absolute atomic E-state index is 13.5. The van der Waals surface area contributed by atoms with Crippen molar-refractivity contribution in [1.29, 1.82) is 0 Å². The highest BCUT2D eigenvalue weighted by atomic mass is 16.8. The number of hydrogen-bond acceptors (Lipinski definition) is 18. The fourth-order valence-electron chi connectivity index (χ4n) is 16.4. The van der Waals surface area contributed by atoms with Gasteiger partial charge in [0.15, 0.2) is 18.9 Å². The Morgan fingerprint density at radius 1 is 0.313 bits per heavy atom. The van der Waals surface area contributed by atoms with E-state index in [-0.39, 0.29) is 18.9 Å². The third kappa shape index (κ3) is 53.4. The van der Waals surface area contributed by atoms with Crippen LogP contribution in [0.5, 0.6) is 0 Å². The van der Waals surface area contributed by atoms with Gasteiger partial charge in [-0.05, 0) is 64.2 Å². The van der Waals surface area contributed by atoms with E-state index < -0.39 is 124 Å². The molecule has 0 aromatic carbocycles. The van der Waals surface area contributed by atoms with Gasteiger partial charge in [0.2, 0.25) is 5.91 Å². The molecule has 0 aromatic rings. The molecule has 0 radical (unpaired) electrons. The minimum Gasteiger partial charge on any atom is -0.394 e. The molecule has 0 aliphatic carbocycles. The van der Waals surface area contributed by atoms with Gasteiger partial charge in [-0.1, -0.05) is 403 Å². The Kier molecular flexibility index (Phi) is 70.2. The molecule has 17 unspecified atom stereocenters. The average Bonchev–Trinajstić information content (AvgIpc) is 0.779. The number of unbranched alkanes of at least 4 members (excludes halogenated alkanes) is 58. The topological polar surface area (TPSA) is 307 Å². The Balaban J connectivity index is 1.30. The minimum absolute atomic E-state index is 0.239. The highest BCUT2D eigenvalue weighted by molar-refractivity contribution is 5.76. The highest BCUT2D eigenvalue weighted by Crippen LogP contribution is 2.34. The van der Waals surface area contributed by atoms with Crippen molar-refractivity contribution in [1.82, 2.24) is 5.32 Å². The molecule has 0 spiro atoms. The molecule has 0 saturated carbocycles. The molecule has 3 rings (SSSR count). The second-order valence-corrected chi connectivity index (χ2v) is 34.5. The summed E-state index contributed by atoms with van der Waals surface area (Å²) in [5, 5.41) is 121. The summed E-state index contributed by atoms with van der Waals surface area (Å²) in [6.07, 6.45) is 72.9. The Hall–Kier alpha value is -2.25. The van der Waals surface area contributed by atoms with Crippen LogP contribution in [0.2, 0.25) is 0 Å². The largest absolute Gasteiger partial charge is 0.394 e. The molecule has 3 aliphatic heterocycles. The first-order valence-corrected chi connectivity index (χ1v) is 48.4. The lowest BCUT2D eigenvalue weighted by atomic mass is 9.96. The molecule has 1 amide bonds. The third-order valence-corrected chi connectivity index (χ3v) is 24.1. The van der Waals surface area contributed by atoms with E-state index >= 15 is 0 Å². The predicted octanol–water partition coefficient (Wildman–Crippen LogP) is 19.5. The van der Waals surface area contributed by atoms with Crippen LogP contribution < -0.4 is 5.32 Å². The molecular formula is C96H179NO18. The van der Waals surface area contributed by atoms with E-state index in [1.54, 1.807) is 6.08 Å². The molecule has 676 valence electrons. The Morgan fingerprint density at radius 3 is 0.922 bits per heavy atom. The monoisotopic (exact) mass is 1630 g/mol. The quantitative estimate of drug-likeness (QED) is 0.0199. The molecule has 3 fully saturated rings. The fraction of sp³-hybridized carbons (Fsp3) is 0.906. The minimum atomic E-state index is -1.98. The Bertz CT molecular complexity index is 2260. The summed E-state index contributed by atoms with van der Waals surface area (Å²) in [6, 6.07) is -0.992. The van der Waals surface area contributed by atoms with Crippen molar-refractivity contribution in [2.75, 3.05) is 26.4 Å². The molecule has 3 heterocycles. The van der Waals surface area contributed by atoms with Crippen molar-refractivity contribution in [2.24, 2.45) is 0 Å². The van der Waals surface area contributed by atoms with Gasteiger partial charge < -0.3 is 89.9 Å². The van der Waals surface area contributed by atoms with Crippen molar-refractivity contribution in [2.45, 2.75) is 529 Å². The van der Waals surface area contributed by atoms with E-state index in [1.165, 1.54) is 347 Å². The summed E-state index contributed by atoms with van der Waals surface area (Å²) in [5.74, 6) is -0.277. The smallest absolute Gasteiger partial charge is 0.220 e. The first kappa shape index (κ1) is 107. The number of carbonyl (C=O) groups excluding carboxylic acids is 1. The van der Waals surface area contributed by atoms with Crippen LogP contribution in [0.25, 0.3) is 0 Å². The number of aliphatic hydroxyl groups excluding tert-OH is 11. The van der Waals surface area contributed by atoms with Crippen LogP contribution in [-0.2, 0) is 33.2 Å². The summed E-state index contributed by atoms with van der Waals surface area (Å²) < 4.78 is 34.5. The number of amides is 1. The summed E-state index contributed by atoms with van der Waals surface area (Å²) in [6.45, 7) is 1.78. The van der Waals surface area contributed by atoms with Gasteiger partial charge in [0.1, 0.15) is 73.2 Å². The van der Waals surface area contributed by atoms with Crippen LogP contribution in [-0.4, -0.2) is 193 Å². The lowest BCUT2D eigenvalue weighted by Crippen LogP contribution is -2.66. The molecule has 17 atom stereocenters. The van der Waals surface area contributed by atoms with Gasteiger partial charge in [0, 0.05) is 6.42 Å². The number of hydrogen-bond donors (Lipinski definition) is 12.